The average Bonchev–Trinajstić information content (AvgIpc) is 2.83. The predicted octanol–water partition coefficient (Wildman–Crippen LogP) is 2.63. The third-order valence-electron chi connectivity index (χ3n) is 4.52. The van der Waals surface area contributed by atoms with Crippen LogP contribution in [0.1, 0.15) is 38.7 Å². The van der Waals surface area contributed by atoms with Gasteiger partial charge >= 0.3 is 5.97 Å². The largest absolute Gasteiger partial charge is 0.475 e. The molecule has 0 aliphatic carbocycles. The molecule has 0 spiro atoms. The van der Waals surface area contributed by atoms with Crippen molar-refractivity contribution in [2.75, 3.05) is 26.2 Å². The number of aryl methyl sites for hydroxylation is 1. The molecule has 0 saturated carbocycles. The molecule has 25 heavy (non-hydrogen) atoms. The van der Waals surface area contributed by atoms with Gasteiger partial charge in [-0.2, -0.15) is 0 Å². The number of nitrogens with zero attached hydrogens (tertiary/aromatic N) is 2. The van der Waals surface area contributed by atoms with E-state index in [1.54, 1.807) is 13.0 Å². The average molecular weight is 342 g/mol. The Bertz CT molecular complexity index is 754. The lowest BCUT2D eigenvalue weighted by molar-refractivity contribution is 0.0660. The van der Waals surface area contributed by atoms with Crippen molar-refractivity contribution in [2.45, 2.75) is 19.9 Å². The molecule has 1 aromatic heterocycles. The Morgan fingerprint density at radius 1 is 1.12 bits per heavy atom. The van der Waals surface area contributed by atoms with Gasteiger partial charge < -0.3 is 14.4 Å². The third kappa shape index (κ3) is 4.09. The summed E-state index contributed by atoms with van der Waals surface area (Å²) in [7, 11) is 0. The summed E-state index contributed by atoms with van der Waals surface area (Å²) < 4.78 is 5.28. The van der Waals surface area contributed by atoms with E-state index in [0.29, 0.717) is 24.4 Å². The van der Waals surface area contributed by atoms with Crippen LogP contribution in [0, 0.1) is 6.92 Å². The number of carboxylic acids is 1. The van der Waals surface area contributed by atoms with Gasteiger partial charge in [0.05, 0.1) is 0 Å². The summed E-state index contributed by atoms with van der Waals surface area (Å²) in [5, 5.41) is 9.03. The fourth-order valence-corrected chi connectivity index (χ4v) is 3.12. The molecule has 1 aliphatic rings. The molecule has 1 fully saturated rings. The van der Waals surface area contributed by atoms with Crippen LogP contribution in [-0.4, -0.2) is 53.0 Å². The second-order valence-electron chi connectivity index (χ2n) is 6.29. The Morgan fingerprint density at radius 3 is 2.56 bits per heavy atom. The number of aromatic carboxylic acids is 1. The van der Waals surface area contributed by atoms with Gasteiger partial charge in [-0.15, -0.1) is 0 Å². The zero-order valence-electron chi connectivity index (χ0n) is 14.3. The second kappa shape index (κ2) is 7.53. The Kier molecular flexibility index (Phi) is 5.19. The van der Waals surface area contributed by atoms with Crippen LogP contribution in [0.15, 0.2) is 40.8 Å². The highest BCUT2D eigenvalue weighted by Crippen LogP contribution is 2.18. The molecule has 0 bridgehead atoms. The smallest absolute Gasteiger partial charge is 0.371 e. The first-order valence-electron chi connectivity index (χ1n) is 8.44. The van der Waals surface area contributed by atoms with Gasteiger partial charge in [-0.3, -0.25) is 9.69 Å². The maximum absolute atomic E-state index is 12.6. The maximum Gasteiger partial charge on any atom is 0.371 e. The minimum atomic E-state index is -1.05. The van der Waals surface area contributed by atoms with E-state index in [0.717, 1.165) is 31.6 Å². The molecule has 6 heteroatoms. The molecule has 1 aliphatic heterocycles. The summed E-state index contributed by atoms with van der Waals surface area (Å²) in [6.07, 6.45) is 0.890. The fraction of sp³-hybridized carbons (Fsp3) is 0.368. The summed E-state index contributed by atoms with van der Waals surface area (Å²) in [5.74, 6) is -0.373. The highest BCUT2D eigenvalue weighted by Gasteiger charge is 2.21. The second-order valence-corrected chi connectivity index (χ2v) is 6.29. The minimum Gasteiger partial charge on any atom is -0.475 e. The maximum atomic E-state index is 12.6. The van der Waals surface area contributed by atoms with E-state index in [4.69, 9.17) is 9.52 Å². The molecule has 1 amide bonds. The number of hydrogen-bond acceptors (Lipinski definition) is 4. The molecule has 0 unspecified atom stereocenters. The summed E-state index contributed by atoms with van der Waals surface area (Å²) in [6.45, 7) is 5.43. The zero-order chi connectivity index (χ0) is 17.8. The highest BCUT2D eigenvalue weighted by atomic mass is 16.4. The molecule has 2 heterocycles. The minimum absolute atomic E-state index is 0.0248. The van der Waals surface area contributed by atoms with Crippen LogP contribution < -0.4 is 0 Å². The van der Waals surface area contributed by atoms with Gasteiger partial charge in [0.15, 0.2) is 0 Å². The first-order chi connectivity index (χ1) is 12.0. The molecule has 6 nitrogen and oxygen atoms in total. The molecule has 132 valence electrons. The van der Waals surface area contributed by atoms with Gasteiger partial charge in [0.25, 0.3) is 5.91 Å². The number of carboxylic acid groups (broad SMARTS) is 1. The molecule has 0 atom stereocenters. The van der Waals surface area contributed by atoms with Crippen LogP contribution in [0.4, 0.5) is 0 Å². The lowest BCUT2D eigenvalue weighted by Crippen LogP contribution is -2.35. The molecule has 1 aromatic carbocycles. The van der Waals surface area contributed by atoms with Crippen molar-refractivity contribution in [3.8, 4) is 0 Å². The fourth-order valence-electron chi connectivity index (χ4n) is 3.12. The molecule has 1 N–H and O–H groups in total. The standard InChI is InChI=1S/C19H22N2O4/c1-14-16(12-17(25-14)19(23)24)13-20-8-5-9-21(11-10-20)18(22)15-6-3-2-4-7-15/h2-4,6-7,12H,5,8-11,13H2,1H3,(H,23,24). The van der Waals surface area contributed by atoms with E-state index in [9.17, 15) is 9.59 Å². The van der Waals surface area contributed by atoms with Gasteiger partial charge in [-0.05, 0) is 31.5 Å². The van der Waals surface area contributed by atoms with Crippen LogP contribution in [0.2, 0.25) is 0 Å². The normalized spacial score (nSPS) is 15.8. The lowest BCUT2D eigenvalue weighted by Gasteiger charge is -2.22. The Balaban J connectivity index is 1.62. The Labute approximate surface area is 146 Å². The molecular weight excluding hydrogens is 320 g/mol. The van der Waals surface area contributed by atoms with Crippen molar-refractivity contribution >= 4 is 11.9 Å². The highest BCUT2D eigenvalue weighted by molar-refractivity contribution is 5.94. The third-order valence-corrected chi connectivity index (χ3v) is 4.52. The molecule has 1 saturated heterocycles. The molecule has 0 radical (unpaired) electrons. The topological polar surface area (TPSA) is 74.0 Å². The lowest BCUT2D eigenvalue weighted by atomic mass is 10.2. The predicted molar refractivity (Wildman–Crippen MR) is 92.6 cm³/mol. The molecule has 2 aromatic rings. The molecular formula is C19H22N2O4. The van der Waals surface area contributed by atoms with Crippen molar-refractivity contribution in [1.29, 1.82) is 0 Å². The van der Waals surface area contributed by atoms with Crippen LogP contribution >= 0.6 is 0 Å². The quantitative estimate of drug-likeness (QED) is 0.924. The van der Waals surface area contributed by atoms with Gasteiger partial charge in [0, 0.05) is 43.9 Å². The van der Waals surface area contributed by atoms with E-state index >= 15 is 0 Å². The van der Waals surface area contributed by atoms with Gasteiger partial charge in [-0.25, -0.2) is 4.79 Å². The Morgan fingerprint density at radius 2 is 1.88 bits per heavy atom. The van der Waals surface area contributed by atoms with Crippen LogP contribution in [0.5, 0.6) is 0 Å². The van der Waals surface area contributed by atoms with E-state index < -0.39 is 5.97 Å². The SMILES string of the molecule is Cc1oc(C(=O)O)cc1CN1CCCN(C(=O)c2ccccc2)CC1. The number of furan rings is 1. The van der Waals surface area contributed by atoms with Crippen LogP contribution in [0.3, 0.4) is 0 Å². The number of hydrogen-bond donors (Lipinski definition) is 1. The first-order valence-corrected chi connectivity index (χ1v) is 8.44. The van der Waals surface area contributed by atoms with E-state index in [-0.39, 0.29) is 11.7 Å². The van der Waals surface area contributed by atoms with E-state index in [1.165, 1.54) is 0 Å². The van der Waals surface area contributed by atoms with Gasteiger partial charge in [0.1, 0.15) is 5.76 Å². The van der Waals surface area contributed by atoms with Crippen molar-refractivity contribution in [3.05, 3.63) is 59.0 Å². The summed E-state index contributed by atoms with van der Waals surface area (Å²) >= 11 is 0. The van der Waals surface area contributed by atoms with Crippen molar-refractivity contribution in [3.63, 3.8) is 0 Å². The van der Waals surface area contributed by atoms with E-state index in [2.05, 4.69) is 4.90 Å². The zero-order valence-corrected chi connectivity index (χ0v) is 14.3. The van der Waals surface area contributed by atoms with Crippen molar-refractivity contribution < 1.29 is 19.1 Å². The van der Waals surface area contributed by atoms with E-state index in [1.807, 2.05) is 35.2 Å². The number of carbonyl (C=O) groups is 2. The van der Waals surface area contributed by atoms with Gasteiger partial charge in [0.2, 0.25) is 5.76 Å². The van der Waals surface area contributed by atoms with Gasteiger partial charge in [-0.1, -0.05) is 18.2 Å². The summed E-state index contributed by atoms with van der Waals surface area (Å²) in [6, 6.07) is 10.9. The van der Waals surface area contributed by atoms with Crippen LogP contribution in [-0.2, 0) is 6.54 Å². The van der Waals surface area contributed by atoms with Crippen molar-refractivity contribution in [2.24, 2.45) is 0 Å². The number of amides is 1. The first kappa shape index (κ1) is 17.2. The number of carbonyl (C=O) groups excluding carboxylic acids is 1. The van der Waals surface area contributed by atoms with Crippen LogP contribution in [0.25, 0.3) is 0 Å². The van der Waals surface area contributed by atoms with Crippen molar-refractivity contribution in [1.82, 2.24) is 9.80 Å². The Hall–Kier alpha value is -2.60. The number of rotatable bonds is 4. The number of benzene rings is 1. The summed E-state index contributed by atoms with van der Waals surface area (Å²) in [4.78, 5) is 27.7. The summed E-state index contributed by atoms with van der Waals surface area (Å²) in [5.41, 5.74) is 1.60. The monoisotopic (exact) mass is 342 g/mol. The molecule has 3 rings (SSSR count).